The monoisotopic (exact) mass is 437 g/mol. The van der Waals surface area contributed by atoms with Crippen molar-refractivity contribution in [3.05, 3.63) is 102 Å². The Hall–Kier alpha value is -2.62. The molecule has 0 amide bonds. The van der Waals surface area contributed by atoms with Crippen LogP contribution in [0.15, 0.2) is 84.9 Å². The fraction of sp³-hybridized carbons (Fsp3) is 0.296. The van der Waals surface area contributed by atoms with E-state index in [1.807, 2.05) is 74.8 Å². The van der Waals surface area contributed by atoms with Gasteiger partial charge in [-0.3, -0.25) is 4.79 Å². The SMILES string of the molecule is CC[C@H](c1ccccc1)[C@H](C(=O)c1ccc(OCCN(C)C)cc1)c1ccccc1.Cl. The van der Waals surface area contributed by atoms with E-state index in [-0.39, 0.29) is 30.0 Å². The van der Waals surface area contributed by atoms with Crippen molar-refractivity contribution in [3.63, 3.8) is 0 Å². The lowest BCUT2D eigenvalue weighted by atomic mass is 9.76. The van der Waals surface area contributed by atoms with Gasteiger partial charge in [-0.05, 0) is 61.8 Å². The maximum Gasteiger partial charge on any atom is 0.170 e. The quantitative estimate of drug-likeness (QED) is 0.353. The van der Waals surface area contributed by atoms with Gasteiger partial charge in [0.15, 0.2) is 5.78 Å². The first kappa shape index (κ1) is 24.6. The van der Waals surface area contributed by atoms with Gasteiger partial charge in [-0.1, -0.05) is 67.6 Å². The number of rotatable bonds is 10. The number of nitrogens with zero attached hydrogens (tertiary/aromatic N) is 1. The molecule has 164 valence electrons. The number of halogens is 1. The molecule has 0 fully saturated rings. The highest BCUT2D eigenvalue weighted by atomic mass is 35.5. The van der Waals surface area contributed by atoms with Gasteiger partial charge in [-0.25, -0.2) is 0 Å². The molecule has 31 heavy (non-hydrogen) atoms. The van der Waals surface area contributed by atoms with E-state index < -0.39 is 0 Å². The highest BCUT2D eigenvalue weighted by Gasteiger charge is 2.30. The zero-order valence-corrected chi connectivity index (χ0v) is 19.3. The Morgan fingerprint density at radius 1 is 0.839 bits per heavy atom. The number of ketones is 1. The molecule has 4 heteroatoms. The Labute approximate surface area is 192 Å². The molecule has 0 aliphatic carbocycles. The highest BCUT2D eigenvalue weighted by molar-refractivity contribution is 6.01. The summed E-state index contributed by atoms with van der Waals surface area (Å²) in [6.45, 7) is 3.63. The average molecular weight is 438 g/mol. The zero-order chi connectivity index (χ0) is 21.3. The summed E-state index contributed by atoms with van der Waals surface area (Å²) in [6.07, 6.45) is 0.890. The second kappa shape index (κ2) is 12.3. The normalized spacial score (nSPS) is 12.6. The van der Waals surface area contributed by atoms with Gasteiger partial charge in [0.05, 0.1) is 5.92 Å². The van der Waals surface area contributed by atoms with Crippen molar-refractivity contribution < 1.29 is 9.53 Å². The molecule has 3 aromatic rings. The van der Waals surface area contributed by atoms with Crippen LogP contribution in [0.3, 0.4) is 0 Å². The molecule has 3 aromatic carbocycles. The van der Waals surface area contributed by atoms with E-state index >= 15 is 0 Å². The first-order valence-electron chi connectivity index (χ1n) is 10.6. The lowest BCUT2D eigenvalue weighted by molar-refractivity contribution is 0.0945. The maximum atomic E-state index is 13.7. The molecule has 2 atom stereocenters. The van der Waals surface area contributed by atoms with Crippen molar-refractivity contribution in [2.75, 3.05) is 27.2 Å². The molecule has 0 aliphatic heterocycles. The summed E-state index contributed by atoms with van der Waals surface area (Å²) in [6, 6.07) is 28.1. The number of hydrogen-bond acceptors (Lipinski definition) is 3. The van der Waals surface area contributed by atoms with Gasteiger partial charge in [0.1, 0.15) is 12.4 Å². The van der Waals surface area contributed by atoms with Crippen LogP contribution in [-0.4, -0.2) is 37.9 Å². The van der Waals surface area contributed by atoms with E-state index in [2.05, 4.69) is 36.1 Å². The van der Waals surface area contributed by atoms with E-state index in [0.29, 0.717) is 6.61 Å². The molecule has 0 saturated heterocycles. The van der Waals surface area contributed by atoms with Crippen molar-refractivity contribution in [1.82, 2.24) is 4.90 Å². The Morgan fingerprint density at radius 2 is 1.39 bits per heavy atom. The lowest BCUT2D eigenvalue weighted by Crippen LogP contribution is -2.21. The lowest BCUT2D eigenvalue weighted by Gasteiger charge is -2.26. The van der Waals surface area contributed by atoms with Crippen LogP contribution in [0.25, 0.3) is 0 Å². The second-order valence-electron chi connectivity index (χ2n) is 7.85. The average Bonchev–Trinajstić information content (AvgIpc) is 2.78. The van der Waals surface area contributed by atoms with Gasteiger partial charge in [0.25, 0.3) is 0 Å². The Morgan fingerprint density at radius 3 is 1.90 bits per heavy atom. The summed E-state index contributed by atoms with van der Waals surface area (Å²) in [7, 11) is 4.04. The molecule has 0 heterocycles. The van der Waals surface area contributed by atoms with Crippen LogP contribution in [0, 0.1) is 0 Å². The van der Waals surface area contributed by atoms with Crippen LogP contribution in [0.5, 0.6) is 5.75 Å². The third kappa shape index (κ3) is 6.68. The van der Waals surface area contributed by atoms with Crippen LogP contribution >= 0.6 is 12.4 Å². The molecular formula is C27H32ClNO2. The van der Waals surface area contributed by atoms with Crippen molar-refractivity contribution in [2.45, 2.75) is 25.2 Å². The van der Waals surface area contributed by atoms with Crippen LogP contribution in [-0.2, 0) is 0 Å². The molecule has 0 radical (unpaired) electrons. The van der Waals surface area contributed by atoms with E-state index in [4.69, 9.17) is 4.74 Å². The fourth-order valence-corrected chi connectivity index (χ4v) is 3.83. The molecule has 0 unspecified atom stereocenters. The minimum absolute atomic E-state index is 0. The van der Waals surface area contributed by atoms with Crippen molar-refractivity contribution >= 4 is 18.2 Å². The van der Waals surface area contributed by atoms with Crippen molar-refractivity contribution in [2.24, 2.45) is 0 Å². The number of likely N-dealkylation sites (N-methyl/N-ethyl adjacent to an activating group) is 1. The molecular weight excluding hydrogens is 406 g/mol. The number of carbonyl (C=O) groups is 1. The summed E-state index contributed by atoms with van der Waals surface area (Å²) in [4.78, 5) is 15.8. The standard InChI is InChI=1S/C27H31NO2.ClH/c1-4-25(21-11-7-5-8-12-21)26(22-13-9-6-10-14-22)27(29)23-15-17-24(18-16-23)30-20-19-28(2)3;/h5-18,25-26H,4,19-20H2,1-3H3;1H/t25-,26-;/m1./s1. The van der Waals surface area contributed by atoms with Crippen LogP contribution < -0.4 is 4.74 Å². The van der Waals surface area contributed by atoms with Crippen LogP contribution in [0.1, 0.15) is 46.7 Å². The van der Waals surface area contributed by atoms with E-state index in [1.54, 1.807) is 0 Å². The Kier molecular flexibility index (Phi) is 9.77. The molecule has 0 spiro atoms. The van der Waals surface area contributed by atoms with Gasteiger partial charge in [-0.15, -0.1) is 12.4 Å². The first-order valence-corrected chi connectivity index (χ1v) is 10.6. The molecule has 3 nitrogen and oxygen atoms in total. The van der Waals surface area contributed by atoms with Crippen LogP contribution in [0.2, 0.25) is 0 Å². The number of Topliss-reactive ketones (excluding diaryl/α,β-unsaturated/α-hetero) is 1. The smallest absolute Gasteiger partial charge is 0.170 e. The minimum Gasteiger partial charge on any atom is -0.492 e. The van der Waals surface area contributed by atoms with E-state index in [9.17, 15) is 4.79 Å². The third-order valence-corrected chi connectivity index (χ3v) is 5.46. The predicted molar refractivity (Wildman–Crippen MR) is 131 cm³/mol. The van der Waals surface area contributed by atoms with Gasteiger partial charge in [0.2, 0.25) is 0 Å². The van der Waals surface area contributed by atoms with Crippen molar-refractivity contribution in [3.8, 4) is 5.75 Å². The van der Waals surface area contributed by atoms with Gasteiger partial charge in [0, 0.05) is 12.1 Å². The summed E-state index contributed by atoms with van der Waals surface area (Å²) in [5.41, 5.74) is 2.98. The number of hydrogen-bond donors (Lipinski definition) is 0. The number of ether oxygens (including phenoxy) is 1. The predicted octanol–water partition coefficient (Wildman–Crippen LogP) is 6.21. The fourth-order valence-electron chi connectivity index (χ4n) is 3.83. The van der Waals surface area contributed by atoms with Gasteiger partial charge >= 0.3 is 0 Å². The minimum atomic E-state index is -0.223. The third-order valence-electron chi connectivity index (χ3n) is 5.46. The topological polar surface area (TPSA) is 29.5 Å². The second-order valence-corrected chi connectivity index (χ2v) is 7.85. The number of benzene rings is 3. The van der Waals surface area contributed by atoms with E-state index in [1.165, 1.54) is 5.56 Å². The highest BCUT2D eigenvalue weighted by Crippen LogP contribution is 2.38. The molecule has 0 saturated carbocycles. The van der Waals surface area contributed by atoms with Gasteiger partial charge < -0.3 is 9.64 Å². The Bertz CT molecular complexity index is 911. The summed E-state index contributed by atoms with van der Waals surface area (Å²) < 4.78 is 5.78. The largest absolute Gasteiger partial charge is 0.492 e. The van der Waals surface area contributed by atoms with Gasteiger partial charge in [-0.2, -0.15) is 0 Å². The summed E-state index contributed by atoms with van der Waals surface area (Å²) in [5, 5.41) is 0. The molecule has 0 aromatic heterocycles. The maximum absolute atomic E-state index is 13.7. The summed E-state index contributed by atoms with van der Waals surface area (Å²) >= 11 is 0. The molecule has 0 aliphatic rings. The van der Waals surface area contributed by atoms with E-state index in [0.717, 1.165) is 29.8 Å². The molecule has 0 N–H and O–H groups in total. The number of carbonyl (C=O) groups excluding carboxylic acids is 1. The molecule has 0 bridgehead atoms. The van der Waals surface area contributed by atoms with Crippen LogP contribution in [0.4, 0.5) is 0 Å². The summed E-state index contributed by atoms with van der Waals surface area (Å²) in [5.74, 6) is 0.840. The zero-order valence-electron chi connectivity index (χ0n) is 18.5. The Balaban J connectivity index is 0.00000341. The first-order chi connectivity index (χ1) is 14.6. The van der Waals surface area contributed by atoms with Crippen molar-refractivity contribution in [1.29, 1.82) is 0 Å². The molecule has 3 rings (SSSR count).